The van der Waals surface area contributed by atoms with E-state index in [-0.39, 0.29) is 0 Å². The Bertz CT molecular complexity index is 608. The van der Waals surface area contributed by atoms with E-state index in [1.807, 2.05) is 54.9 Å². The van der Waals surface area contributed by atoms with Gasteiger partial charge in [0, 0.05) is 18.9 Å². The fourth-order valence-corrected chi connectivity index (χ4v) is 2.48. The van der Waals surface area contributed by atoms with Crippen LogP contribution in [0.4, 0.5) is 0 Å². The zero-order chi connectivity index (χ0) is 15.4. The van der Waals surface area contributed by atoms with Crippen molar-refractivity contribution >= 4 is 5.97 Å². The summed E-state index contributed by atoms with van der Waals surface area (Å²) < 4.78 is 1.81. The minimum absolute atomic E-state index is 0.449. The van der Waals surface area contributed by atoms with Gasteiger partial charge < -0.3 is 5.11 Å². The summed E-state index contributed by atoms with van der Waals surface area (Å²) in [4.78, 5) is 13.1. The molecule has 112 valence electrons. The molecular weight excluding hydrogens is 266 g/mol. The third-order valence-corrected chi connectivity index (χ3v) is 3.72. The second-order valence-electron chi connectivity index (χ2n) is 5.24. The lowest BCUT2D eigenvalue weighted by molar-refractivity contribution is -0.143. The number of hydrogen-bond donors (Lipinski definition) is 1. The standard InChI is InChI=1S/C16H21N3O2/c1-4-15(16(20)21)18(3)11-13-6-7-14(10-12(13)2)19-9-5-8-17-19/h5-10,15H,4,11H2,1-3H3,(H,20,21)/t15-/m0/s1. The number of rotatable bonds is 6. The molecule has 1 N–H and O–H groups in total. The van der Waals surface area contributed by atoms with Gasteiger partial charge in [-0.05, 0) is 49.7 Å². The zero-order valence-corrected chi connectivity index (χ0v) is 12.7. The number of benzene rings is 1. The van der Waals surface area contributed by atoms with Crippen LogP contribution in [0.1, 0.15) is 24.5 Å². The monoisotopic (exact) mass is 287 g/mol. The molecule has 0 unspecified atom stereocenters. The van der Waals surface area contributed by atoms with Crippen molar-refractivity contribution in [3.8, 4) is 5.69 Å². The fourth-order valence-electron chi connectivity index (χ4n) is 2.48. The molecule has 0 aliphatic rings. The van der Waals surface area contributed by atoms with Crippen molar-refractivity contribution in [2.45, 2.75) is 32.9 Å². The minimum atomic E-state index is -0.772. The van der Waals surface area contributed by atoms with Gasteiger partial charge in [-0.2, -0.15) is 5.10 Å². The van der Waals surface area contributed by atoms with Crippen molar-refractivity contribution in [3.63, 3.8) is 0 Å². The van der Waals surface area contributed by atoms with Gasteiger partial charge in [-0.3, -0.25) is 9.69 Å². The van der Waals surface area contributed by atoms with Crippen LogP contribution in [-0.4, -0.2) is 38.8 Å². The van der Waals surface area contributed by atoms with Gasteiger partial charge in [0.05, 0.1) is 5.69 Å². The Morgan fingerprint density at radius 3 is 2.76 bits per heavy atom. The number of carbonyl (C=O) groups is 1. The van der Waals surface area contributed by atoms with Gasteiger partial charge in [-0.25, -0.2) is 4.68 Å². The number of aryl methyl sites for hydroxylation is 1. The van der Waals surface area contributed by atoms with Gasteiger partial charge >= 0.3 is 5.97 Å². The molecule has 1 aromatic heterocycles. The summed E-state index contributed by atoms with van der Waals surface area (Å²) in [5, 5.41) is 13.4. The van der Waals surface area contributed by atoms with E-state index < -0.39 is 12.0 Å². The maximum absolute atomic E-state index is 11.2. The largest absolute Gasteiger partial charge is 0.480 e. The molecule has 0 fully saturated rings. The summed E-state index contributed by atoms with van der Waals surface area (Å²) in [6.45, 7) is 4.55. The molecule has 0 spiro atoms. The SMILES string of the molecule is CC[C@@H](C(=O)O)N(C)Cc1ccc(-n2cccn2)cc1C. The van der Waals surface area contributed by atoms with Crippen molar-refractivity contribution in [1.82, 2.24) is 14.7 Å². The number of nitrogens with zero attached hydrogens (tertiary/aromatic N) is 3. The second kappa shape index (κ2) is 6.54. The predicted octanol–water partition coefficient (Wildman–Crippen LogP) is 2.48. The summed E-state index contributed by atoms with van der Waals surface area (Å²) >= 11 is 0. The Morgan fingerprint density at radius 2 is 2.24 bits per heavy atom. The number of aliphatic carboxylic acids is 1. The van der Waals surface area contributed by atoms with Crippen LogP contribution >= 0.6 is 0 Å². The average Bonchev–Trinajstić information content (AvgIpc) is 2.95. The molecule has 1 atom stereocenters. The Balaban J connectivity index is 2.16. The van der Waals surface area contributed by atoms with Crippen molar-refractivity contribution in [1.29, 1.82) is 0 Å². The van der Waals surface area contributed by atoms with Gasteiger partial charge in [0.1, 0.15) is 6.04 Å². The molecule has 0 radical (unpaired) electrons. The Kier molecular flexibility index (Phi) is 4.75. The van der Waals surface area contributed by atoms with E-state index >= 15 is 0 Å². The van der Waals surface area contributed by atoms with E-state index in [0.29, 0.717) is 13.0 Å². The van der Waals surface area contributed by atoms with Gasteiger partial charge in [0.2, 0.25) is 0 Å². The van der Waals surface area contributed by atoms with E-state index in [1.165, 1.54) is 0 Å². The van der Waals surface area contributed by atoms with E-state index in [0.717, 1.165) is 16.8 Å². The first-order valence-corrected chi connectivity index (χ1v) is 7.05. The van der Waals surface area contributed by atoms with Crippen LogP contribution in [0, 0.1) is 6.92 Å². The van der Waals surface area contributed by atoms with Gasteiger partial charge in [0.15, 0.2) is 0 Å². The van der Waals surface area contributed by atoms with Crippen LogP contribution in [0.25, 0.3) is 5.69 Å². The molecular formula is C16H21N3O2. The number of hydrogen-bond acceptors (Lipinski definition) is 3. The quantitative estimate of drug-likeness (QED) is 0.886. The summed E-state index contributed by atoms with van der Waals surface area (Å²) in [6, 6.07) is 7.55. The number of likely N-dealkylation sites (N-methyl/N-ethyl adjacent to an activating group) is 1. The number of aromatic nitrogens is 2. The lowest BCUT2D eigenvalue weighted by Gasteiger charge is -2.24. The Labute approximate surface area is 124 Å². The molecule has 0 saturated heterocycles. The Morgan fingerprint density at radius 1 is 1.48 bits per heavy atom. The highest BCUT2D eigenvalue weighted by molar-refractivity contribution is 5.73. The number of carboxylic acids is 1. The second-order valence-corrected chi connectivity index (χ2v) is 5.24. The zero-order valence-electron chi connectivity index (χ0n) is 12.7. The lowest BCUT2D eigenvalue weighted by atomic mass is 10.1. The van der Waals surface area contributed by atoms with Crippen LogP contribution < -0.4 is 0 Å². The van der Waals surface area contributed by atoms with Gasteiger partial charge in [-0.1, -0.05) is 13.0 Å². The third kappa shape index (κ3) is 3.49. The van der Waals surface area contributed by atoms with Crippen molar-refractivity contribution < 1.29 is 9.90 Å². The molecule has 0 saturated carbocycles. The van der Waals surface area contributed by atoms with Crippen LogP contribution in [0.2, 0.25) is 0 Å². The smallest absolute Gasteiger partial charge is 0.320 e. The fraction of sp³-hybridized carbons (Fsp3) is 0.375. The predicted molar refractivity (Wildman–Crippen MR) is 81.5 cm³/mol. The molecule has 2 rings (SSSR count). The van der Waals surface area contributed by atoms with E-state index in [1.54, 1.807) is 6.20 Å². The average molecular weight is 287 g/mol. The topological polar surface area (TPSA) is 58.4 Å². The summed E-state index contributed by atoms with van der Waals surface area (Å²) in [5.74, 6) is -0.772. The first kappa shape index (κ1) is 15.3. The van der Waals surface area contributed by atoms with Crippen molar-refractivity contribution in [3.05, 3.63) is 47.8 Å². The molecule has 0 aliphatic heterocycles. The van der Waals surface area contributed by atoms with Gasteiger partial charge in [-0.15, -0.1) is 0 Å². The van der Waals surface area contributed by atoms with Crippen molar-refractivity contribution in [2.24, 2.45) is 0 Å². The molecule has 21 heavy (non-hydrogen) atoms. The molecule has 5 heteroatoms. The minimum Gasteiger partial charge on any atom is -0.480 e. The molecule has 2 aromatic rings. The molecule has 0 amide bonds. The Hall–Kier alpha value is -2.14. The van der Waals surface area contributed by atoms with Crippen LogP contribution in [0.15, 0.2) is 36.7 Å². The third-order valence-electron chi connectivity index (χ3n) is 3.72. The van der Waals surface area contributed by atoms with Crippen LogP contribution in [0.3, 0.4) is 0 Å². The number of carboxylic acid groups (broad SMARTS) is 1. The first-order valence-electron chi connectivity index (χ1n) is 7.05. The first-order chi connectivity index (χ1) is 10.0. The summed E-state index contributed by atoms with van der Waals surface area (Å²) in [6.07, 6.45) is 4.24. The molecule has 0 bridgehead atoms. The highest BCUT2D eigenvalue weighted by atomic mass is 16.4. The lowest BCUT2D eigenvalue weighted by Crippen LogP contribution is -2.37. The highest BCUT2D eigenvalue weighted by Gasteiger charge is 2.20. The van der Waals surface area contributed by atoms with Crippen LogP contribution in [-0.2, 0) is 11.3 Å². The van der Waals surface area contributed by atoms with Crippen molar-refractivity contribution in [2.75, 3.05) is 7.05 Å². The van der Waals surface area contributed by atoms with E-state index in [9.17, 15) is 9.90 Å². The molecule has 1 aromatic carbocycles. The molecule has 5 nitrogen and oxygen atoms in total. The normalized spacial score (nSPS) is 12.6. The molecule has 0 aliphatic carbocycles. The molecule has 1 heterocycles. The summed E-state index contributed by atoms with van der Waals surface area (Å²) in [7, 11) is 1.85. The van der Waals surface area contributed by atoms with Gasteiger partial charge in [0.25, 0.3) is 0 Å². The van der Waals surface area contributed by atoms with E-state index in [2.05, 4.69) is 11.2 Å². The highest BCUT2D eigenvalue weighted by Crippen LogP contribution is 2.17. The van der Waals surface area contributed by atoms with Crippen LogP contribution in [0.5, 0.6) is 0 Å². The summed E-state index contributed by atoms with van der Waals surface area (Å²) in [5.41, 5.74) is 3.28. The maximum atomic E-state index is 11.2. The maximum Gasteiger partial charge on any atom is 0.320 e. The van der Waals surface area contributed by atoms with E-state index in [4.69, 9.17) is 0 Å².